The van der Waals surface area contributed by atoms with Crippen LogP contribution in [-0.4, -0.2) is 22.6 Å². The van der Waals surface area contributed by atoms with Gasteiger partial charge in [-0.25, -0.2) is 4.98 Å². The molecule has 0 unspecified atom stereocenters. The number of ether oxygens (including phenoxy) is 1. The molecule has 0 atom stereocenters. The zero-order valence-corrected chi connectivity index (χ0v) is 13.5. The van der Waals surface area contributed by atoms with Gasteiger partial charge in [0.2, 0.25) is 5.91 Å². The summed E-state index contributed by atoms with van der Waals surface area (Å²) in [5.74, 6) is 0.609. The monoisotopic (exact) mass is 309 g/mol. The molecule has 5 nitrogen and oxygen atoms in total. The second-order valence-corrected chi connectivity index (χ2v) is 5.58. The number of amides is 1. The lowest BCUT2D eigenvalue weighted by molar-refractivity contribution is -0.116. The molecule has 3 aromatic rings. The number of anilines is 1. The molecule has 0 fully saturated rings. The Bertz CT molecular complexity index is 868. The maximum absolute atomic E-state index is 12.3. The molecule has 0 saturated heterocycles. The number of hydrogen-bond donors (Lipinski definition) is 1. The predicted molar refractivity (Wildman–Crippen MR) is 90.8 cm³/mol. The van der Waals surface area contributed by atoms with Crippen LogP contribution in [0.2, 0.25) is 0 Å². The van der Waals surface area contributed by atoms with Crippen LogP contribution in [0.25, 0.3) is 11.0 Å². The molecule has 1 amide bonds. The quantitative estimate of drug-likeness (QED) is 0.804. The number of aryl methyl sites for hydroxylation is 2. The molecular weight excluding hydrogens is 290 g/mol. The van der Waals surface area contributed by atoms with E-state index < -0.39 is 0 Å². The summed E-state index contributed by atoms with van der Waals surface area (Å²) in [4.78, 5) is 16.6. The van der Waals surface area contributed by atoms with Crippen molar-refractivity contribution < 1.29 is 9.53 Å². The number of hydrogen-bond acceptors (Lipinski definition) is 3. The highest BCUT2D eigenvalue weighted by atomic mass is 16.5. The van der Waals surface area contributed by atoms with Gasteiger partial charge in [-0.15, -0.1) is 0 Å². The van der Waals surface area contributed by atoms with Crippen LogP contribution < -0.4 is 10.1 Å². The first-order chi connectivity index (χ1) is 11.1. The van der Waals surface area contributed by atoms with Gasteiger partial charge in [0.1, 0.15) is 12.3 Å². The van der Waals surface area contributed by atoms with E-state index in [0.717, 1.165) is 11.0 Å². The molecule has 0 aliphatic carbocycles. The normalized spacial score (nSPS) is 10.7. The Kier molecular flexibility index (Phi) is 4.02. The molecule has 0 radical (unpaired) electrons. The van der Waals surface area contributed by atoms with Crippen LogP contribution in [-0.2, 0) is 11.3 Å². The molecule has 1 aromatic heterocycles. The molecule has 0 aliphatic heterocycles. The Morgan fingerprint density at radius 3 is 2.78 bits per heavy atom. The van der Waals surface area contributed by atoms with Crippen molar-refractivity contribution in [3.05, 3.63) is 53.9 Å². The van der Waals surface area contributed by atoms with Crippen molar-refractivity contribution in [2.45, 2.75) is 20.4 Å². The van der Waals surface area contributed by atoms with E-state index in [1.807, 2.05) is 28.8 Å². The van der Waals surface area contributed by atoms with Crippen molar-refractivity contribution in [3.8, 4) is 5.75 Å². The Morgan fingerprint density at radius 2 is 2.00 bits per heavy atom. The van der Waals surface area contributed by atoms with E-state index in [1.165, 1.54) is 11.1 Å². The number of nitrogens with one attached hydrogen (secondary N) is 1. The van der Waals surface area contributed by atoms with E-state index in [9.17, 15) is 4.79 Å². The average Bonchev–Trinajstić information content (AvgIpc) is 2.90. The minimum absolute atomic E-state index is 0.101. The van der Waals surface area contributed by atoms with Gasteiger partial charge in [0.25, 0.3) is 0 Å². The molecule has 0 spiro atoms. The first-order valence-electron chi connectivity index (χ1n) is 7.43. The first kappa shape index (κ1) is 15.1. The highest BCUT2D eigenvalue weighted by Gasteiger charge is 2.09. The number of rotatable bonds is 4. The maximum atomic E-state index is 12.3. The van der Waals surface area contributed by atoms with Crippen molar-refractivity contribution in [2.24, 2.45) is 0 Å². The lowest BCUT2D eigenvalue weighted by Gasteiger charge is -2.08. The number of carbonyl (C=O) groups is 1. The van der Waals surface area contributed by atoms with Gasteiger partial charge >= 0.3 is 0 Å². The van der Waals surface area contributed by atoms with Crippen molar-refractivity contribution in [3.63, 3.8) is 0 Å². The molecule has 23 heavy (non-hydrogen) atoms. The predicted octanol–water partition coefficient (Wildman–Crippen LogP) is 3.30. The number of nitrogens with zero attached hydrogens (tertiary/aromatic N) is 2. The SMILES string of the molecule is COc1cccc(NC(=O)Cn2cnc3cc(C)c(C)cc32)c1. The van der Waals surface area contributed by atoms with E-state index in [4.69, 9.17) is 4.74 Å². The second kappa shape index (κ2) is 6.12. The van der Waals surface area contributed by atoms with E-state index in [2.05, 4.69) is 30.2 Å². The van der Waals surface area contributed by atoms with Gasteiger partial charge in [-0.05, 0) is 49.2 Å². The van der Waals surface area contributed by atoms with Gasteiger partial charge in [-0.1, -0.05) is 6.07 Å². The standard InChI is InChI=1S/C18H19N3O2/c1-12-7-16-17(8-13(12)2)21(11-19-16)10-18(22)20-14-5-4-6-15(9-14)23-3/h4-9,11H,10H2,1-3H3,(H,20,22). The highest BCUT2D eigenvalue weighted by molar-refractivity contribution is 5.91. The summed E-state index contributed by atoms with van der Waals surface area (Å²) in [5.41, 5.74) is 4.97. The number of aromatic nitrogens is 2. The third-order valence-corrected chi connectivity index (χ3v) is 3.90. The summed E-state index contributed by atoms with van der Waals surface area (Å²) in [6.45, 7) is 4.34. The van der Waals surface area contributed by atoms with Crippen molar-refractivity contribution in [2.75, 3.05) is 12.4 Å². The third kappa shape index (κ3) is 3.18. The van der Waals surface area contributed by atoms with Gasteiger partial charge in [0.15, 0.2) is 0 Å². The molecular formula is C18H19N3O2. The molecule has 3 rings (SSSR count). The van der Waals surface area contributed by atoms with E-state index in [1.54, 1.807) is 19.5 Å². The van der Waals surface area contributed by atoms with Crippen LogP contribution in [0.3, 0.4) is 0 Å². The van der Waals surface area contributed by atoms with Crippen LogP contribution in [0.4, 0.5) is 5.69 Å². The van der Waals surface area contributed by atoms with E-state index in [-0.39, 0.29) is 12.5 Å². The zero-order valence-electron chi connectivity index (χ0n) is 13.5. The molecule has 0 saturated carbocycles. The largest absolute Gasteiger partial charge is 0.497 e. The lowest BCUT2D eigenvalue weighted by Crippen LogP contribution is -2.18. The van der Waals surface area contributed by atoms with Crippen LogP contribution in [0.15, 0.2) is 42.7 Å². The smallest absolute Gasteiger partial charge is 0.244 e. The summed E-state index contributed by atoms with van der Waals surface area (Å²) in [5, 5.41) is 2.88. The van der Waals surface area contributed by atoms with E-state index >= 15 is 0 Å². The molecule has 0 aliphatic rings. The zero-order chi connectivity index (χ0) is 16.4. The van der Waals surface area contributed by atoms with Crippen LogP contribution in [0, 0.1) is 13.8 Å². The minimum Gasteiger partial charge on any atom is -0.497 e. The average molecular weight is 309 g/mol. The Hall–Kier alpha value is -2.82. The van der Waals surface area contributed by atoms with Gasteiger partial charge in [-0.2, -0.15) is 0 Å². The molecule has 1 heterocycles. The van der Waals surface area contributed by atoms with Crippen molar-refractivity contribution in [1.82, 2.24) is 9.55 Å². The fraction of sp³-hybridized carbons (Fsp3) is 0.222. The molecule has 0 bridgehead atoms. The summed E-state index contributed by atoms with van der Waals surface area (Å²) in [7, 11) is 1.60. The fourth-order valence-electron chi connectivity index (χ4n) is 2.50. The summed E-state index contributed by atoms with van der Waals surface area (Å²) in [6, 6.07) is 11.4. The first-order valence-corrected chi connectivity index (χ1v) is 7.43. The van der Waals surface area contributed by atoms with Gasteiger partial charge in [-0.3, -0.25) is 4.79 Å². The van der Waals surface area contributed by atoms with Gasteiger partial charge in [0.05, 0.1) is 24.5 Å². The second-order valence-electron chi connectivity index (χ2n) is 5.58. The topological polar surface area (TPSA) is 56.1 Å². The van der Waals surface area contributed by atoms with Crippen molar-refractivity contribution >= 4 is 22.6 Å². The van der Waals surface area contributed by atoms with Crippen LogP contribution in [0.1, 0.15) is 11.1 Å². The Morgan fingerprint density at radius 1 is 1.22 bits per heavy atom. The lowest BCUT2D eigenvalue weighted by atomic mass is 10.1. The molecule has 1 N–H and O–H groups in total. The fourth-order valence-corrected chi connectivity index (χ4v) is 2.50. The van der Waals surface area contributed by atoms with Crippen LogP contribution >= 0.6 is 0 Å². The molecule has 5 heteroatoms. The Balaban J connectivity index is 1.79. The number of methoxy groups -OCH3 is 1. The van der Waals surface area contributed by atoms with Crippen LogP contribution in [0.5, 0.6) is 5.75 Å². The van der Waals surface area contributed by atoms with Gasteiger partial charge < -0.3 is 14.6 Å². The number of fused-ring (bicyclic) bond motifs is 1. The maximum Gasteiger partial charge on any atom is 0.244 e. The Labute approximate surface area is 134 Å². The number of imidazole rings is 1. The summed E-state index contributed by atoms with van der Waals surface area (Å²) in [6.07, 6.45) is 1.70. The molecule has 118 valence electrons. The highest BCUT2D eigenvalue weighted by Crippen LogP contribution is 2.19. The van der Waals surface area contributed by atoms with Gasteiger partial charge in [0, 0.05) is 11.8 Å². The minimum atomic E-state index is -0.101. The summed E-state index contributed by atoms with van der Waals surface area (Å²) >= 11 is 0. The van der Waals surface area contributed by atoms with Crippen molar-refractivity contribution in [1.29, 1.82) is 0 Å². The summed E-state index contributed by atoms with van der Waals surface area (Å²) < 4.78 is 7.02. The number of carbonyl (C=O) groups excluding carboxylic acids is 1. The molecule has 2 aromatic carbocycles. The third-order valence-electron chi connectivity index (χ3n) is 3.90. The van der Waals surface area contributed by atoms with E-state index in [0.29, 0.717) is 11.4 Å². The number of benzene rings is 2.